The van der Waals surface area contributed by atoms with E-state index in [4.69, 9.17) is 11.6 Å². The van der Waals surface area contributed by atoms with Crippen LogP contribution in [0.15, 0.2) is 76.6 Å². The largest absolute Gasteiger partial charge is 0.269 e. The molecule has 24 heavy (non-hydrogen) atoms. The van der Waals surface area contributed by atoms with Crippen molar-refractivity contribution in [2.24, 2.45) is 0 Å². The van der Waals surface area contributed by atoms with Crippen LogP contribution in [0, 0.1) is 0 Å². The zero-order valence-corrected chi connectivity index (χ0v) is 14.2. The topological polar surface area (TPSA) is 34.4 Å². The van der Waals surface area contributed by atoms with Crippen molar-refractivity contribution in [3.63, 3.8) is 0 Å². The quantitative estimate of drug-likeness (QED) is 0.497. The zero-order chi connectivity index (χ0) is 16.5. The van der Waals surface area contributed by atoms with Gasteiger partial charge in [-0.15, -0.1) is 11.8 Å². The highest BCUT2D eigenvalue weighted by Gasteiger charge is 2.04. The van der Waals surface area contributed by atoms with Crippen LogP contribution in [0.25, 0.3) is 16.4 Å². The van der Waals surface area contributed by atoms with Gasteiger partial charge in [0, 0.05) is 22.9 Å². The van der Waals surface area contributed by atoms with E-state index >= 15 is 0 Å². The monoisotopic (exact) mass is 352 g/mol. The third-order valence-electron chi connectivity index (χ3n) is 3.78. The molecular weight excluding hydrogens is 340 g/mol. The molecule has 0 aliphatic heterocycles. The molecule has 0 bridgehead atoms. The summed E-state index contributed by atoms with van der Waals surface area (Å²) >= 11 is 7.60. The predicted octanol–water partition coefficient (Wildman–Crippen LogP) is 4.79. The van der Waals surface area contributed by atoms with Gasteiger partial charge in [0.05, 0.1) is 10.7 Å². The van der Waals surface area contributed by atoms with Crippen LogP contribution in [0.4, 0.5) is 0 Å². The van der Waals surface area contributed by atoms with Crippen molar-refractivity contribution in [3.05, 3.63) is 87.9 Å². The van der Waals surface area contributed by atoms with E-state index in [1.54, 1.807) is 36.2 Å². The Morgan fingerprint density at radius 3 is 2.71 bits per heavy atom. The van der Waals surface area contributed by atoms with E-state index in [9.17, 15) is 4.79 Å². The molecule has 0 spiro atoms. The van der Waals surface area contributed by atoms with Gasteiger partial charge in [0.25, 0.3) is 5.56 Å². The van der Waals surface area contributed by atoms with Crippen LogP contribution in [0.3, 0.4) is 0 Å². The maximum absolute atomic E-state index is 12.2. The number of benzene rings is 2. The van der Waals surface area contributed by atoms with Gasteiger partial charge < -0.3 is 0 Å². The second-order valence-electron chi connectivity index (χ2n) is 5.46. The number of rotatable bonds is 3. The Morgan fingerprint density at radius 1 is 1.00 bits per heavy atom. The molecule has 4 rings (SSSR count). The molecule has 2 aromatic carbocycles. The Labute approximate surface area is 147 Å². The lowest BCUT2D eigenvalue weighted by molar-refractivity contribution is 1.01. The van der Waals surface area contributed by atoms with Gasteiger partial charge >= 0.3 is 0 Å². The molecule has 2 heterocycles. The average Bonchev–Trinajstić information content (AvgIpc) is 2.60. The highest BCUT2D eigenvalue weighted by Crippen LogP contribution is 2.26. The van der Waals surface area contributed by atoms with E-state index in [0.717, 1.165) is 10.6 Å². The van der Waals surface area contributed by atoms with E-state index in [1.165, 1.54) is 15.2 Å². The first-order valence-corrected chi connectivity index (χ1v) is 8.85. The van der Waals surface area contributed by atoms with E-state index < -0.39 is 0 Å². The summed E-state index contributed by atoms with van der Waals surface area (Å²) < 4.78 is 1.46. The first-order valence-electron chi connectivity index (χ1n) is 7.48. The predicted molar refractivity (Wildman–Crippen MR) is 100.0 cm³/mol. The number of nitrogens with zero attached hydrogens (tertiary/aromatic N) is 2. The van der Waals surface area contributed by atoms with Crippen molar-refractivity contribution in [2.45, 2.75) is 10.6 Å². The van der Waals surface area contributed by atoms with Gasteiger partial charge in [0.2, 0.25) is 0 Å². The summed E-state index contributed by atoms with van der Waals surface area (Å²) in [6.45, 7) is 0. The molecule has 5 heteroatoms. The highest BCUT2D eigenvalue weighted by molar-refractivity contribution is 7.98. The molecule has 0 saturated carbocycles. The van der Waals surface area contributed by atoms with Gasteiger partial charge in [-0.3, -0.25) is 9.20 Å². The van der Waals surface area contributed by atoms with E-state index in [-0.39, 0.29) is 5.56 Å². The van der Waals surface area contributed by atoms with Crippen molar-refractivity contribution < 1.29 is 0 Å². The van der Waals surface area contributed by atoms with Gasteiger partial charge in [0.1, 0.15) is 5.65 Å². The molecule has 0 saturated heterocycles. The molecule has 0 aliphatic carbocycles. The Balaban J connectivity index is 1.61. The third-order valence-corrected chi connectivity index (χ3v) is 5.04. The van der Waals surface area contributed by atoms with Crippen molar-refractivity contribution in [1.82, 2.24) is 9.38 Å². The Kier molecular flexibility index (Phi) is 4.00. The van der Waals surface area contributed by atoms with Crippen LogP contribution < -0.4 is 5.56 Å². The number of thioether (sulfide) groups is 1. The number of aromatic nitrogens is 2. The molecule has 0 atom stereocenters. The molecular formula is C19H13ClN2OS. The lowest BCUT2D eigenvalue weighted by Crippen LogP contribution is -2.14. The minimum atomic E-state index is -0.114. The fourth-order valence-electron chi connectivity index (χ4n) is 2.61. The zero-order valence-electron chi connectivity index (χ0n) is 12.6. The molecule has 0 N–H and O–H groups in total. The van der Waals surface area contributed by atoms with Crippen LogP contribution in [0.5, 0.6) is 0 Å². The SMILES string of the molecule is O=c1cc(CSc2ccc3ccccc3c2)nc2ccc(Cl)cn12. The molecule has 0 amide bonds. The smallest absolute Gasteiger partial charge is 0.258 e. The van der Waals surface area contributed by atoms with E-state index in [2.05, 4.69) is 35.3 Å². The van der Waals surface area contributed by atoms with Gasteiger partial charge in [-0.05, 0) is 35.0 Å². The molecule has 0 unspecified atom stereocenters. The lowest BCUT2D eigenvalue weighted by atomic mass is 10.1. The molecule has 118 valence electrons. The molecule has 0 radical (unpaired) electrons. The number of pyridine rings is 1. The van der Waals surface area contributed by atoms with Crippen molar-refractivity contribution >= 4 is 39.8 Å². The lowest BCUT2D eigenvalue weighted by Gasteiger charge is -2.06. The molecule has 2 aromatic heterocycles. The van der Waals surface area contributed by atoms with E-state index in [1.807, 2.05) is 12.1 Å². The fourth-order valence-corrected chi connectivity index (χ4v) is 3.61. The van der Waals surface area contributed by atoms with Crippen LogP contribution in [-0.2, 0) is 5.75 Å². The summed E-state index contributed by atoms with van der Waals surface area (Å²) in [5.74, 6) is 0.646. The summed E-state index contributed by atoms with van der Waals surface area (Å²) in [7, 11) is 0. The highest BCUT2D eigenvalue weighted by atomic mass is 35.5. The normalized spacial score (nSPS) is 11.2. The second kappa shape index (κ2) is 6.30. The fraction of sp³-hybridized carbons (Fsp3) is 0.0526. The Hall–Kier alpha value is -2.30. The van der Waals surface area contributed by atoms with E-state index in [0.29, 0.717) is 16.4 Å². The minimum absolute atomic E-state index is 0.114. The van der Waals surface area contributed by atoms with Crippen LogP contribution in [0.2, 0.25) is 5.02 Å². The standard InChI is InChI=1S/C19H13ClN2OS/c20-15-6-8-18-21-16(10-19(23)22(18)11-15)12-24-17-7-5-13-3-1-2-4-14(13)9-17/h1-11H,12H2. The summed E-state index contributed by atoms with van der Waals surface area (Å²) in [6, 6.07) is 19.7. The molecule has 4 aromatic rings. The number of hydrogen-bond donors (Lipinski definition) is 0. The molecule has 3 nitrogen and oxygen atoms in total. The van der Waals surface area contributed by atoms with Crippen molar-refractivity contribution in [3.8, 4) is 0 Å². The molecule has 0 fully saturated rings. The third kappa shape index (κ3) is 3.03. The number of halogens is 1. The van der Waals surface area contributed by atoms with Gasteiger partial charge in [-0.25, -0.2) is 4.98 Å². The van der Waals surface area contributed by atoms with Crippen molar-refractivity contribution in [2.75, 3.05) is 0 Å². The summed E-state index contributed by atoms with van der Waals surface area (Å²) in [5.41, 5.74) is 1.26. The van der Waals surface area contributed by atoms with Gasteiger partial charge in [-0.2, -0.15) is 0 Å². The molecule has 0 aliphatic rings. The number of fused-ring (bicyclic) bond motifs is 2. The van der Waals surface area contributed by atoms with Crippen LogP contribution in [-0.4, -0.2) is 9.38 Å². The number of hydrogen-bond acceptors (Lipinski definition) is 3. The van der Waals surface area contributed by atoms with Gasteiger partial charge in [0.15, 0.2) is 0 Å². The van der Waals surface area contributed by atoms with Crippen LogP contribution >= 0.6 is 23.4 Å². The second-order valence-corrected chi connectivity index (χ2v) is 6.94. The Morgan fingerprint density at radius 2 is 1.83 bits per heavy atom. The average molecular weight is 353 g/mol. The van der Waals surface area contributed by atoms with Crippen molar-refractivity contribution in [1.29, 1.82) is 0 Å². The summed E-state index contributed by atoms with van der Waals surface area (Å²) in [6.07, 6.45) is 1.59. The summed E-state index contributed by atoms with van der Waals surface area (Å²) in [4.78, 5) is 17.9. The maximum atomic E-state index is 12.2. The maximum Gasteiger partial charge on any atom is 0.258 e. The van der Waals surface area contributed by atoms with Gasteiger partial charge in [-0.1, -0.05) is 41.9 Å². The van der Waals surface area contributed by atoms with Crippen LogP contribution in [0.1, 0.15) is 5.69 Å². The minimum Gasteiger partial charge on any atom is -0.269 e. The Bertz CT molecular complexity index is 1110. The summed E-state index contributed by atoms with van der Waals surface area (Å²) in [5, 5.41) is 2.95. The first-order chi connectivity index (χ1) is 11.7. The first kappa shape index (κ1) is 15.2.